The van der Waals surface area contributed by atoms with E-state index >= 15 is 0 Å². The van der Waals surface area contributed by atoms with Crippen molar-refractivity contribution >= 4 is 0 Å². The first-order valence-corrected chi connectivity index (χ1v) is 7.69. The van der Waals surface area contributed by atoms with E-state index in [1.165, 1.54) is 49.2 Å². The van der Waals surface area contributed by atoms with E-state index in [9.17, 15) is 0 Å². The molecule has 2 nitrogen and oxygen atoms in total. The van der Waals surface area contributed by atoms with E-state index < -0.39 is 0 Å². The van der Waals surface area contributed by atoms with Crippen molar-refractivity contribution in [2.75, 3.05) is 19.6 Å². The normalized spacial score (nSPS) is 31.4. The Kier molecular flexibility index (Phi) is 3.64. The van der Waals surface area contributed by atoms with Gasteiger partial charge < -0.3 is 10.2 Å². The van der Waals surface area contributed by atoms with Crippen LogP contribution in [0.1, 0.15) is 42.5 Å². The smallest absolute Gasteiger partial charge is 0.0297 e. The zero-order valence-corrected chi connectivity index (χ0v) is 12.4. The van der Waals surface area contributed by atoms with E-state index in [0.717, 1.165) is 5.92 Å². The molecule has 3 saturated heterocycles. The average Bonchev–Trinajstić information content (AvgIpc) is 2.43. The second kappa shape index (κ2) is 5.26. The van der Waals surface area contributed by atoms with Crippen LogP contribution in [0.25, 0.3) is 0 Å². The van der Waals surface area contributed by atoms with Crippen LogP contribution < -0.4 is 5.32 Å². The average molecular weight is 258 g/mol. The Hall–Kier alpha value is -0.860. The maximum Gasteiger partial charge on any atom is 0.0297 e. The first kappa shape index (κ1) is 13.1. The molecule has 2 heteroatoms. The van der Waals surface area contributed by atoms with Crippen molar-refractivity contribution in [3.8, 4) is 0 Å². The van der Waals surface area contributed by atoms with Crippen molar-refractivity contribution in [3.63, 3.8) is 0 Å². The highest BCUT2D eigenvalue weighted by Gasteiger charge is 2.34. The highest BCUT2D eigenvalue weighted by Crippen LogP contribution is 2.29. The van der Waals surface area contributed by atoms with Gasteiger partial charge in [-0.25, -0.2) is 0 Å². The van der Waals surface area contributed by atoms with Gasteiger partial charge in [-0.2, -0.15) is 0 Å². The van der Waals surface area contributed by atoms with Crippen molar-refractivity contribution in [1.82, 2.24) is 10.2 Å². The number of hydrogen-bond acceptors (Lipinski definition) is 2. The quantitative estimate of drug-likeness (QED) is 0.896. The van der Waals surface area contributed by atoms with Crippen LogP contribution >= 0.6 is 0 Å². The van der Waals surface area contributed by atoms with Gasteiger partial charge in [-0.3, -0.25) is 0 Å². The van der Waals surface area contributed by atoms with Crippen LogP contribution in [0.2, 0.25) is 0 Å². The van der Waals surface area contributed by atoms with E-state index in [1.54, 1.807) is 0 Å². The molecular weight excluding hydrogens is 232 g/mol. The van der Waals surface area contributed by atoms with Crippen LogP contribution in [-0.4, -0.2) is 30.6 Å². The lowest BCUT2D eigenvalue weighted by molar-refractivity contribution is 0.0680. The van der Waals surface area contributed by atoms with Crippen molar-refractivity contribution in [2.45, 2.75) is 45.7 Å². The lowest BCUT2D eigenvalue weighted by Crippen LogP contribution is -2.56. The summed E-state index contributed by atoms with van der Waals surface area (Å²) in [6.07, 6.45) is 2.77. The molecule has 0 aliphatic carbocycles. The second-order valence-corrected chi connectivity index (χ2v) is 6.49. The van der Waals surface area contributed by atoms with Gasteiger partial charge in [0.25, 0.3) is 0 Å². The number of aryl methyl sites for hydroxylation is 2. The summed E-state index contributed by atoms with van der Waals surface area (Å²) in [7, 11) is 0. The molecule has 0 spiro atoms. The van der Waals surface area contributed by atoms with Gasteiger partial charge in [0, 0.05) is 18.6 Å². The van der Waals surface area contributed by atoms with Gasteiger partial charge >= 0.3 is 0 Å². The molecule has 0 radical (unpaired) electrons. The zero-order chi connectivity index (χ0) is 13.4. The molecule has 2 unspecified atom stereocenters. The van der Waals surface area contributed by atoms with E-state index in [-0.39, 0.29) is 0 Å². The van der Waals surface area contributed by atoms with Crippen molar-refractivity contribution in [3.05, 3.63) is 34.9 Å². The molecular formula is C17H26N2. The zero-order valence-electron chi connectivity index (χ0n) is 12.4. The number of nitrogens with one attached hydrogen (secondary N) is 1. The van der Waals surface area contributed by atoms with Gasteiger partial charge in [0.05, 0.1) is 0 Å². The van der Waals surface area contributed by atoms with Gasteiger partial charge in [0.1, 0.15) is 0 Å². The molecule has 4 rings (SSSR count). The summed E-state index contributed by atoms with van der Waals surface area (Å²) >= 11 is 0. The minimum atomic E-state index is 0.463. The number of hydrogen-bond donors (Lipinski definition) is 1. The molecule has 1 aromatic rings. The van der Waals surface area contributed by atoms with E-state index in [4.69, 9.17) is 0 Å². The summed E-state index contributed by atoms with van der Waals surface area (Å²) in [5, 5.41) is 3.89. The third kappa shape index (κ3) is 2.70. The Morgan fingerprint density at radius 3 is 2.58 bits per heavy atom. The van der Waals surface area contributed by atoms with Crippen LogP contribution in [0.3, 0.4) is 0 Å². The van der Waals surface area contributed by atoms with E-state index in [0.29, 0.717) is 12.1 Å². The Bertz CT molecular complexity index is 447. The standard InChI is InChI=1S/C17H26N2/c1-12-4-5-13(2)16(10-12)14(3)18-17-11-19-8-6-15(17)7-9-19/h4-5,10,14-15,17-18H,6-9,11H2,1-3H3. The summed E-state index contributed by atoms with van der Waals surface area (Å²) in [6.45, 7) is 10.6. The molecule has 1 N–H and O–H groups in total. The molecule has 0 saturated carbocycles. The number of benzene rings is 1. The van der Waals surface area contributed by atoms with Gasteiger partial charge in [-0.1, -0.05) is 23.8 Å². The summed E-state index contributed by atoms with van der Waals surface area (Å²) in [5.41, 5.74) is 4.24. The number of piperidine rings is 3. The van der Waals surface area contributed by atoms with Gasteiger partial charge in [0.15, 0.2) is 0 Å². The molecule has 2 atom stereocenters. The first-order valence-electron chi connectivity index (χ1n) is 7.69. The SMILES string of the molecule is Cc1ccc(C)c(C(C)NC2CN3CCC2CC3)c1. The van der Waals surface area contributed by atoms with Gasteiger partial charge in [0.2, 0.25) is 0 Å². The third-order valence-electron chi connectivity index (χ3n) is 5.02. The molecule has 2 bridgehead atoms. The Morgan fingerprint density at radius 2 is 1.95 bits per heavy atom. The third-order valence-corrected chi connectivity index (χ3v) is 5.02. The Labute approximate surface area is 117 Å². The monoisotopic (exact) mass is 258 g/mol. The largest absolute Gasteiger partial charge is 0.306 e. The maximum absolute atomic E-state index is 3.89. The molecule has 104 valence electrons. The lowest BCUT2D eigenvalue weighted by atomic mass is 9.83. The van der Waals surface area contributed by atoms with Crippen LogP contribution in [0, 0.1) is 19.8 Å². The molecule has 19 heavy (non-hydrogen) atoms. The highest BCUT2D eigenvalue weighted by molar-refractivity contribution is 5.32. The van der Waals surface area contributed by atoms with Crippen LogP contribution in [-0.2, 0) is 0 Å². The fourth-order valence-corrected chi connectivity index (χ4v) is 3.79. The van der Waals surface area contributed by atoms with Crippen LogP contribution in [0.5, 0.6) is 0 Å². The topological polar surface area (TPSA) is 15.3 Å². The Morgan fingerprint density at radius 1 is 1.21 bits per heavy atom. The molecule has 1 aromatic carbocycles. The van der Waals surface area contributed by atoms with Crippen LogP contribution in [0.15, 0.2) is 18.2 Å². The van der Waals surface area contributed by atoms with Gasteiger partial charge in [-0.15, -0.1) is 0 Å². The first-order chi connectivity index (χ1) is 9.13. The fraction of sp³-hybridized carbons (Fsp3) is 0.647. The molecule has 0 aromatic heterocycles. The summed E-state index contributed by atoms with van der Waals surface area (Å²) in [5.74, 6) is 0.901. The number of fused-ring (bicyclic) bond motifs is 3. The maximum atomic E-state index is 3.89. The van der Waals surface area contributed by atoms with Crippen molar-refractivity contribution in [2.24, 2.45) is 5.92 Å². The van der Waals surface area contributed by atoms with Crippen LogP contribution in [0.4, 0.5) is 0 Å². The van der Waals surface area contributed by atoms with E-state index in [1.807, 2.05) is 0 Å². The fourth-order valence-electron chi connectivity index (χ4n) is 3.79. The highest BCUT2D eigenvalue weighted by atomic mass is 15.2. The predicted octanol–water partition coefficient (Wildman–Crippen LogP) is 3.05. The Balaban J connectivity index is 1.71. The summed E-state index contributed by atoms with van der Waals surface area (Å²) in [4.78, 5) is 2.62. The predicted molar refractivity (Wildman–Crippen MR) is 80.4 cm³/mol. The number of nitrogens with zero attached hydrogens (tertiary/aromatic N) is 1. The molecule has 3 aliphatic rings. The molecule has 3 fully saturated rings. The van der Waals surface area contributed by atoms with Gasteiger partial charge in [-0.05, 0) is 63.7 Å². The lowest BCUT2D eigenvalue weighted by Gasteiger charge is -2.46. The molecule has 0 amide bonds. The minimum Gasteiger partial charge on any atom is -0.306 e. The van der Waals surface area contributed by atoms with E-state index in [2.05, 4.69) is 49.2 Å². The second-order valence-electron chi connectivity index (χ2n) is 6.49. The van der Waals surface area contributed by atoms with Crippen molar-refractivity contribution < 1.29 is 0 Å². The van der Waals surface area contributed by atoms with Crippen molar-refractivity contribution in [1.29, 1.82) is 0 Å². The molecule has 3 heterocycles. The number of rotatable bonds is 3. The molecule has 3 aliphatic heterocycles. The summed E-state index contributed by atoms with van der Waals surface area (Å²) in [6, 6.07) is 7.95. The minimum absolute atomic E-state index is 0.463. The summed E-state index contributed by atoms with van der Waals surface area (Å²) < 4.78 is 0.